The van der Waals surface area contributed by atoms with E-state index >= 15 is 0 Å². The predicted octanol–water partition coefficient (Wildman–Crippen LogP) is 3.97. The summed E-state index contributed by atoms with van der Waals surface area (Å²) in [5.41, 5.74) is 0.945. The lowest BCUT2D eigenvalue weighted by atomic mass is 9.84. The summed E-state index contributed by atoms with van der Waals surface area (Å²) in [6.07, 6.45) is -0.196. The van der Waals surface area contributed by atoms with Crippen LogP contribution in [-0.2, 0) is 9.53 Å². The van der Waals surface area contributed by atoms with Gasteiger partial charge in [0.25, 0.3) is 0 Å². The average Bonchev–Trinajstić information content (AvgIpc) is 2.25. The lowest BCUT2D eigenvalue weighted by molar-refractivity contribution is -0.159. The molecule has 94 valence electrons. The summed E-state index contributed by atoms with van der Waals surface area (Å²) in [4.78, 5) is 11.8. The van der Waals surface area contributed by atoms with Crippen molar-refractivity contribution < 1.29 is 9.53 Å². The molecule has 0 bridgehead atoms. The Bertz CT molecular complexity index is 360. The third-order valence-corrected chi connectivity index (χ3v) is 2.59. The smallest absolute Gasteiger partial charge is 0.308 e. The van der Waals surface area contributed by atoms with Crippen LogP contribution >= 0.6 is 0 Å². The van der Waals surface area contributed by atoms with Gasteiger partial charge in [-0.3, -0.25) is 4.79 Å². The number of ether oxygens (including phenoxy) is 1. The van der Waals surface area contributed by atoms with Gasteiger partial charge in [0.1, 0.15) is 6.10 Å². The lowest BCUT2D eigenvalue weighted by Crippen LogP contribution is -2.26. The van der Waals surface area contributed by atoms with Crippen LogP contribution in [0.25, 0.3) is 0 Å². The van der Waals surface area contributed by atoms with Gasteiger partial charge in [-0.15, -0.1) is 0 Å². The van der Waals surface area contributed by atoms with E-state index in [0.717, 1.165) is 5.56 Å². The van der Waals surface area contributed by atoms with E-state index in [9.17, 15) is 4.79 Å². The summed E-state index contributed by atoms with van der Waals surface area (Å²) in [6, 6.07) is 9.91. The van der Waals surface area contributed by atoms with Gasteiger partial charge in [0, 0.05) is 5.41 Å². The quantitative estimate of drug-likeness (QED) is 0.740. The van der Waals surface area contributed by atoms with Crippen LogP contribution in [0, 0.1) is 11.3 Å². The standard InChI is InChI=1S/C15H22O2/c1-11(2)14(16)17-13(15(3,4)5)12-9-7-6-8-10-12/h6-11,13H,1-5H3/t13-/m0/s1. The fourth-order valence-corrected chi connectivity index (χ4v) is 1.62. The van der Waals surface area contributed by atoms with Gasteiger partial charge in [-0.2, -0.15) is 0 Å². The van der Waals surface area contributed by atoms with Crippen LogP contribution in [0.1, 0.15) is 46.3 Å². The lowest BCUT2D eigenvalue weighted by Gasteiger charge is -2.31. The minimum atomic E-state index is -0.196. The Morgan fingerprint density at radius 2 is 1.65 bits per heavy atom. The van der Waals surface area contributed by atoms with Crippen molar-refractivity contribution in [2.45, 2.75) is 40.7 Å². The van der Waals surface area contributed by atoms with Crippen molar-refractivity contribution >= 4 is 5.97 Å². The van der Waals surface area contributed by atoms with Gasteiger partial charge in [0.15, 0.2) is 0 Å². The van der Waals surface area contributed by atoms with Crippen LogP contribution in [0.3, 0.4) is 0 Å². The van der Waals surface area contributed by atoms with Crippen molar-refractivity contribution in [2.24, 2.45) is 11.3 Å². The Morgan fingerprint density at radius 1 is 1.12 bits per heavy atom. The molecule has 0 aromatic heterocycles. The van der Waals surface area contributed by atoms with Crippen LogP contribution in [-0.4, -0.2) is 5.97 Å². The number of hydrogen-bond acceptors (Lipinski definition) is 2. The fraction of sp³-hybridized carbons (Fsp3) is 0.533. The maximum absolute atomic E-state index is 11.8. The Balaban J connectivity index is 2.95. The molecule has 0 heterocycles. The Kier molecular flexibility index (Phi) is 4.33. The normalized spacial score (nSPS) is 13.5. The highest BCUT2D eigenvalue weighted by Gasteiger charge is 2.30. The molecule has 1 aromatic rings. The van der Waals surface area contributed by atoms with Gasteiger partial charge >= 0.3 is 5.97 Å². The first kappa shape index (κ1) is 13.8. The van der Waals surface area contributed by atoms with Crippen LogP contribution < -0.4 is 0 Å². The molecular formula is C15H22O2. The Labute approximate surface area is 104 Å². The number of benzene rings is 1. The number of rotatable bonds is 3. The maximum Gasteiger partial charge on any atom is 0.308 e. The van der Waals surface area contributed by atoms with Gasteiger partial charge in [0.2, 0.25) is 0 Å². The second-order valence-corrected chi connectivity index (χ2v) is 5.75. The Morgan fingerprint density at radius 3 is 2.06 bits per heavy atom. The predicted molar refractivity (Wildman–Crippen MR) is 69.6 cm³/mol. The van der Waals surface area contributed by atoms with E-state index in [1.54, 1.807) is 0 Å². The van der Waals surface area contributed by atoms with Crippen LogP contribution in [0.4, 0.5) is 0 Å². The molecule has 2 heteroatoms. The number of esters is 1. The molecule has 0 radical (unpaired) electrons. The molecule has 0 aliphatic heterocycles. The third kappa shape index (κ3) is 3.88. The first-order valence-corrected chi connectivity index (χ1v) is 6.08. The zero-order valence-electron chi connectivity index (χ0n) is 11.4. The molecule has 1 aromatic carbocycles. The van der Waals surface area contributed by atoms with Crippen molar-refractivity contribution in [3.63, 3.8) is 0 Å². The maximum atomic E-state index is 11.8. The van der Waals surface area contributed by atoms with Crippen molar-refractivity contribution in [3.8, 4) is 0 Å². The summed E-state index contributed by atoms with van der Waals surface area (Å²) in [6.45, 7) is 9.95. The molecular weight excluding hydrogens is 212 g/mol. The van der Waals surface area contributed by atoms with Crippen LogP contribution in [0.15, 0.2) is 30.3 Å². The second kappa shape index (κ2) is 5.35. The SMILES string of the molecule is CC(C)C(=O)O[C@@H](c1ccccc1)C(C)(C)C. The number of carbonyl (C=O) groups excluding carboxylic acids is 1. The topological polar surface area (TPSA) is 26.3 Å². The minimum Gasteiger partial charge on any atom is -0.457 e. The summed E-state index contributed by atoms with van der Waals surface area (Å²) in [5, 5.41) is 0. The molecule has 2 nitrogen and oxygen atoms in total. The van der Waals surface area contributed by atoms with Gasteiger partial charge in [-0.25, -0.2) is 0 Å². The minimum absolute atomic E-state index is 0.0939. The molecule has 1 rings (SSSR count). The van der Waals surface area contributed by atoms with E-state index in [1.165, 1.54) is 0 Å². The highest BCUT2D eigenvalue weighted by Crippen LogP contribution is 2.36. The zero-order valence-corrected chi connectivity index (χ0v) is 11.4. The largest absolute Gasteiger partial charge is 0.457 e. The third-order valence-electron chi connectivity index (χ3n) is 2.59. The van der Waals surface area contributed by atoms with Crippen molar-refractivity contribution in [3.05, 3.63) is 35.9 Å². The summed E-state index contributed by atoms with van der Waals surface area (Å²) >= 11 is 0. The number of hydrogen-bond donors (Lipinski definition) is 0. The van der Waals surface area contributed by atoms with Crippen LogP contribution in [0.5, 0.6) is 0 Å². The molecule has 17 heavy (non-hydrogen) atoms. The van der Waals surface area contributed by atoms with E-state index in [-0.39, 0.29) is 23.4 Å². The first-order valence-electron chi connectivity index (χ1n) is 6.08. The van der Waals surface area contributed by atoms with E-state index in [2.05, 4.69) is 20.8 Å². The Hall–Kier alpha value is -1.31. The highest BCUT2D eigenvalue weighted by atomic mass is 16.5. The van der Waals surface area contributed by atoms with Gasteiger partial charge in [0.05, 0.1) is 5.92 Å². The molecule has 1 atom stereocenters. The second-order valence-electron chi connectivity index (χ2n) is 5.75. The number of carbonyl (C=O) groups is 1. The molecule has 0 aliphatic rings. The van der Waals surface area contributed by atoms with Gasteiger partial charge < -0.3 is 4.74 Å². The molecule has 0 saturated heterocycles. The summed E-state index contributed by atoms with van der Waals surface area (Å²) in [7, 11) is 0. The monoisotopic (exact) mass is 234 g/mol. The molecule has 0 unspecified atom stereocenters. The molecule has 0 amide bonds. The van der Waals surface area contributed by atoms with E-state index in [1.807, 2.05) is 44.2 Å². The van der Waals surface area contributed by atoms with Gasteiger partial charge in [-0.1, -0.05) is 65.0 Å². The van der Waals surface area contributed by atoms with E-state index < -0.39 is 0 Å². The average molecular weight is 234 g/mol. The molecule has 0 N–H and O–H groups in total. The molecule has 0 spiro atoms. The fourth-order valence-electron chi connectivity index (χ4n) is 1.62. The van der Waals surface area contributed by atoms with Crippen LogP contribution in [0.2, 0.25) is 0 Å². The van der Waals surface area contributed by atoms with Crippen molar-refractivity contribution in [2.75, 3.05) is 0 Å². The highest BCUT2D eigenvalue weighted by molar-refractivity contribution is 5.71. The van der Waals surface area contributed by atoms with E-state index in [4.69, 9.17) is 4.74 Å². The van der Waals surface area contributed by atoms with Gasteiger partial charge in [-0.05, 0) is 5.56 Å². The molecule has 0 fully saturated rings. The summed E-state index contributed by atoms with van der Waals surface area (Å²) < 4.78 is 5.62. The van der Waals surface area contributed by atoms with Crippen molar-refractivity contribution in [1.82, 2.24) is 0 Å². The summed E-state index contributed by atoms with van der Waals surface area (Å²) in [5.74, 6) is -0.239. The molecule has 0 saturated carbocycles. The first-order chi connectivity index (χ1) is 7.82. The zero-order chi connectivity index (χ0) is 13.1. The van der Waals surface area contributed by atoms with Crippen molar-refractivity contribution in [1.29, 1.82) is 0 Å². The molecule has 0 aliphatic carbocycles. The van der Waals surface area contributed by atoms with E-state index in [0.29, 0.717) is 0 Å².